The number of benzene rings is 1. The van der Waals surface area contributed by atoms with Gasteiger partial charge in [-0.25, -0.2) is 19.2 Å². The predicted molar refractivity (Wildman–Crippen MR) is 205 cm³/mol. The number of fused-ring (bicyclic) bond motifs is 10. The van der Waals surface area contributed by atoms with Crippen molar-refractivity contribution in [3.8, 4) is 0 Å². The maximum Gasteiger partial charge on any atom is 0.338 e. The van der Waals surface area contributed by atoms with Crippen molar-refractivity contribution in [3.05, 3.63) is 60.2 Å². The van der Waals surface area contributed by atoms with Gasteiger partial charge in [-0.05, 0) is 166 Å². The molecule has 4 bridgehead atoms. The van der Waals surface area contributed by atoms with Crippen LogP contribution < -0.4 is 0 Å². The molecule has 0 heterocycles. The van der Waals surface area contributed by atoms with Crippen molar-refractivity contribution in [2.75, 3.05) is 26.4 Å². The van der Waals surface area contributed by atoms with Gasteiger partial charge in [0.05, 0.1) is 37.6 Å². The molecular formula is C46H62O8. The van der Waals surface area contributed by atoms with E-state index in [-0.39, 0.29) is 23.3 Å². The summed E-state index contributed by atoms with van der Waals surface area (Å²) in [5.41, 5.74) is 1.08. The van der Waals surface area contributed by atoms with Gasteiger partial charge >= 0.3 is 23.9 Å². The van der Waals surface area contributed by atoms with E-state index in [1.807, 2.05) is 0 Å². The van der Waals surface area contributed by atoms with Crippen LogP contribution in [0.25, 0.3) is 0 Å². The molecule has 0 aromatic heterocycles. The molecule has 6 aliphatic rings. The van der Waals surface area contributed by atoms with E-state index in [9.17, 15) is 19.2 Å². The normalized spacial score (nSPS) is 35.8. The summed E-state index contributed by atoms with van der Waals surface area (Å²) in [6.07, 6.45) is 12.5. The molecule has 0 saturated heterocycles. The highest BCUT2D eigenvalue weighted by atomic mass is 16.5. The minimum Gasteiger partial charge on any atom is -0.462 e. The highest BCUT2D eigenvalue weighted by molar-refractivity contribution is 5.95. The monoisotopic (exact) mass is 742 g/mol. The van der Waals surface area contributed by atoms with E-state index in [0.717, 1.165) is 38.0 Å². The first-order chi connectivity index (χ1) is 25.9. The smallest absolute Gasteiger partial charge is 0.338 e. The van der Waals surface area contributed by atoms with E-state index in [0.29, 0.717) is 114 Å². The van der Waals surface area contributed by atoms with Gasteiger partial charge in [0.25, 0.3) is 0 Å². The number of ether oxygens (including phenoxy) is 4. The number of rotatable bonds is 16. The zero-order valence-electron chi connectivity index (χ0n) is 33.0. The van der Waals surface area contributed by atoms with E-state index >= 15 is 0 Å². The number of hydrogen-bond acceptors (Lipinski definition) is 8. The zero-order chi connectivity index (χ0) is 38.3. The quantitative estimate of drug-likeness (QED) is 0.0940. The topological polar surface area (TPSA) is 105 Å². The zero-order valence-corrected chi connectivity index (χ0v) is 33.0. The minimum atomic E-state index is -0.401. The maximum atomic E-state index is 13.4. The molecule has 8 heteroatoms. The first kappa shape index (κ1) is 38.8. The summed E-state index contributed by atoms with van der Waals surface area (Å²) < 4.78 is 23.0. The van der Waals surface area contributed by atoms with E-state index in [1.54, 1.807) is 31.2 Å². The maximum absolute atomic E-state index is 13.4. The van der Waals surface area contributed by atoms with Gasteiger partial charge in [-0.2, -0.15) is 0 Å². The fourth-order valence-electron chi connectivity index (χ4n) is 12.8. The molecule has 0 aliphatic heterocycles. The van der Waals surface area contributed by atoms with E-state index < -0.39 is 5.97 Å². The summed E-state index contributed by atoms with van der Waals surface area (Å²) in [5.74, 6) is 6.10. The first-order valence-electron chi connectivity index (χ1n) is 21.0. The Labute approximate surface area is 322 Å². The molecule has 0 spiro atoms. The lowest BCUT2D eigenvalue weighted by atomic mass is 9.73. The molecule has 0 N–H and O–H groups in total. The molecule has 0 amide bonds. The third-order valence-corrected chi connectivity index (χ3v) is 15.9. The average molecular weight is 743 g/mol. The Hall–Kier alpha value is -3.42. The van der Waals surface area contributed by atoms with Crippen molar-refractivity contribution in [1.82, 2.24) is 0 Å². The second-order valence-corrected chi connectivity index (χ2v) is 18.5. The van der Waals surface area contributed by atoms with E-state index in [4.69, 9.17) is 18.9 Å². The molecule has 13 unspecified atom stereocenters. The summed E-state index contributed by atoms with van der Waals surface area (Å²) in [7, 11) is 0. The Morgan fingerprint density at radius 1 is 0.778 bits per heavy atom. The van der Waals surface area contributed by atoms with Crippen molar-refractivity contribution < 1.29 is 38.1 Å². The molecule has 0 radical (unpaired) electrons. The lowest BCUT2D eigenvalue weighted by Crippen LogP contribution is -2.32. The number of carbonyl (C=O) groups is 4. The Bertz CT molecular complexity index is 1610. The molecule has 7 rings (SSSR count). The number of esters is 4. The lowest BCUT2D eigenvalue weighted by Gasteiger charge is -2.35. The van der Waals surface area contributed by atoms with Crippen LogP contribution in [0.1, 0.15) is 113 Å². The van der Waals surface area contributed by atoms with Crippen LogP contribution >= 0.6 is 0 Å². The molecule has 14 atom stereocenters. The van der Waals surface area contributed by atoms with Gasteiger partial charge in [-0.1, -0.05) is 40.0 Å². The van der Waals surface area contributed by atoms with Crippen LogP contribution in [0.4, 0.5) is 0 Å². The predicted octanol–water partition coefficient (Wildman–Crippen LogP) is 8.89. The fourth-order valence-corrected chi connectivity index (χ4v) is 12.8. The standard InChI is InChI=1S/C46H62O8/c1-7-27(22-51-42(47)8-2)30-16-36-31-14-34(37(18-31)40(36)17-30)24-53-44(49)28-11-10-12-29(13-28)45(50)54-25-46(6,9-3)35-20-39-32-15-33(23-52-43(48)26(4)5)38(19-32)41(39)21-35/h8,10-13,27,30-41H,2,4,7,9,14-25H2,1,3,5-6H3/t27?,30?,31?,32?,33?,34?,35?,36?,37?,38?,39-,40?,41?,46?/m1/s1. The van der Waals surface area contributed by atoms with Crippen molar-refractivity contribution >= 4 is 23.9 Å². The second kappa shape index (κ2) is 16.0. The summed E-state index contributed by atoms with van der Waals surface area (Å²) in [6, 6.07) is 6.79. The summed E-state index contributed by atoms with van der Waals surface area (Å²) in [6.45, 7) is 17.3. The molecule has 6 fully saturated rings. The van der Waals surface area contributed by atoms with Gasteiger partial charge in [0.2, 0.25) is 0 Å². The molecule has 54 heavy (non-hydrogen) atoms. The molecule has 294 valence electrons. The van der Waals surface area contributed by atoms with Crippen molar-refractivity contribution in [2.24, 2.45) is 82.3 Å². The third-order valence-electron chi connectivity index (χ3n) is 15.9. The molecule has 1 aromatic rings. The molecule has 6 aliphatic carbocycles. The van der Waals surface area contributed by atoms with Gasteiger partial charge < -0.3 is 18.9 Å². The van der Waals surface area contributed by atoms with Crippen LogP contribution in [0.3, 0.4) is 0 Å². The van der Waals surface area contributed by atoms with Crippen LogP contribution in [0, 0.1) is 82.3 Å². The lowest BCUT2D eigenvalue weighted by molar-refractivity contribution is -0.141. The van der Waals surface area contributed by atoms with Crippen LogP contribution in [-0.2, 0) is 28.5 Å². The third kappa shape index (κ3) is 7.56. The summed E-state index contributed by atoms with van der Waals surface area (Å²) >= 11 is 0. The first-order valence-corrected chi connectivity index (χ1v) is 21.0. The SMILES string of the molecule is C=CC(=O)OCC(CC)C1CC2C3CC(COC(=O)c4cccc(C(=O)OCC(C)(CC)C5CC6C7CC(CC7COC(=O)C(=C)C)[C@H]6C5)c4)C(C3)C2C1. The molecule has 1 aromatic carbocycles. The summed E-state index contributed by atoms with van der Waals surface area (Å²) in [5, 5.41) is 0. The Kier molecular flexibility index (Phi) is 11.5. The van der Waals surface area contributed by atoms with Gasteiger partial charge in [0.1, 0.15) is 0 Å². The molecule has 6 saturated carbocycles. The van der Waals surface area contributed by atoms with Gasteiger partial charge in [-0.3, -0.25) is 0 Å². The van der Waals surface area contributed by atoms with Gasteiger partial charge in [0, 0.05) is 17.1 Å². The highest BCUT2D eigenvalue weighted by Gasteiger charge is 2.59. The van der Waals surface area contributed by atoms with Crippen LogP contribution in [-0.4, -0.2) is 50.3 Å². The minimum absolute atomic E-state index is 0.132. The average Bonchev–Trinajstić information content (AvgIpc) is 4.03. The van der Waals surface area contributed by atoms with Crippen LogP contribution in [0.5, 0.6) is 0 Å². The fraction of sp³-hybridized carbons (Fsp3) is 0.696. The Morgan fingerprint density at radius 3 is 1.96 bits per heavy atom. The summed E-state index contributed by atoms with van der Waals surface area (Å²) in [4.78, 5) is 50.4. The van der Waals surface area contributed by atoms with E-state index in [1.165, 1.54) is 38.2 Å². The van der Waals surface area contributed by atoms with Crippen molar-refractivity contribution in [1.29, 1.82) is 0 Å². The van der Waals surface area contributed by atoms with Crippen LogP contribution in [0.15, 0.2) is 49.1 Å². The number of carbonyl (C=O) groups excluding carboxylic acids is 4. The molecular weight excluding hydrogens is 680 g/mol. The van der Waals surface area contributed by atoms with Gasteiger partial charge in [0.15, 0.2) is 0 Å². The molecule has 8 nitrogen and oxygen atoms in total. The Balaban J connectivity index is 0.884. The van der Waals surface area contributed by atoms with Gasteiger partial charge in [-0.15, -0.1) is 0 Å². The largest absolute Gasteiger partial charge is 0.462 e. The van der Waals surface area contributed by atoms with Crippen molar-refractivity contribution in [2.45, 2.75) is 91.9 Å². The van der Waals surface area contributed by atoms with Crippen LogP contribution in [0.2, 0.25) is 0 Å². The highest BCUT2D eigenvalue weighted by Crippen LogP contribution is 2.65. The second-order valence-electron chi connectivity index (χ2n) is 18.5. The van der Waals surface area contributed by atoms with Crippen molar-refractivity contribution in [3.63, 3.8) is 0 Å². The van der Waals surface area contributed by atoms with E-state index in [2.05, 4.69) is 33.9 Å². The number of hydrogen-bond donors (Lipinski definition) is 0. The Morgan fingerprint density at radius 2 is 1.35 bits per heavy atom.